The largest absolute Gasteiger partial charge is 0.302 e. The van der Waals surface area contributed by atoms with Crippen molar-refractivity contribution in [3.63, 3.8) is 0 Å². The summed E-state index contributed by atoms with van der Waals surface area (Å²) in [5.41, 5.74) is -0.448. The van der Waals surface area contributed by atoms with Crippen LogP contribution in [0.4, 0.5) is 10.1 Å². The lowest BCUT2D eigenvalue weighted by molar-refractivity contribution is -0.385. The molecule has 1 aromatic rings. The molecule has 0 aliphatic carbocycles. The number of rotatable bonds is 2. The first kappa shape index (κ1) is 11.2. The Balaban J connectivity index is 3.43. The summed E-state index contributed by atoms with van der Waals surface area (Å²) in [7, 11) is 0. The molecule has 0 spiro atoms. The number of benzene rings is 1. The average Bonchev–Trinajstić information content (AvgIpc) is 2.08. The number of nitrogens with zero attached hydrogens (tertiary/aromatic N) is 1. The SMILES string of the molecule is O=[N+]([O-])c1cc(Br)c(F)c(S(=O)O)c1. The first-order valence-electron chi connectivity index (χ1n) is 3.17. The highest BCUT2D eigenvalue weighted by Gasteiger charge is 2.18. The molecule has 76 valence electrons. The molecule has 0 amide bonds. The van der Waals surface area contributed by atoms with E-state index < -0.39 is 32.4 Å². The van der Waals surface area contributed by atoms with Crippen LogP contribution < -0.4 is 0 Å². The van der Waals surface area contributed by atoms with Gasteiger partial charge in [-0.1, -0.05) is 0 Å². The van der Waals surface area contributed by atoms with Gasteiger partial charge in [-0.15, -0.1) is 0 Å². The van der Waals surface area contributed by atoms with E-state index in [0.29, 0.717) is 0 Å². The summed E-state index contributed by atoms with van der Waals surface area (Å²) < 4.78 is 32.1. The molecule has 8 heteroatoms. The molecule has 0 fully saturated rings. The summed E-state index contributed by atoms with van der Waals surface area (Å²) in [5.74, 6) is -0.976. The maximum Gasteiger partial charge on any atom is 0.272 e. The lowest BCUT2D eigenvalue weighted by Gasteiger charge is -2.00. The van der Waals surface area contributed by atoms with Crippen molar-refractivity contribution in [3.8, 4) is 0 Å². The number of nitro groups is 1. The zero-order chi connectivity index (χ0) is 10.9. The van der Waals surface area contributed by atoms with Gasteiger partial charge in [0.25, 0.3) is 5.69 Å². The van der Waals surface area contributed by atoms with Gasteiger partial charge in [-0.05, 0) is 15.9 Å². The fourth-order valence-electron chi connectivity index (χ4n) is 0.783. The molecule has 0 aromatic heterocycles. The number of hydrogen-bond donors (Lipinski definition) is 1. The molecule has 0 aliphatic heterocycles. The van der Waals surface area contributed by atoms with E-state index in [4.69, 9.17) is 4.55 Å². The van der Waals surface area contributed by atoms with Gasteiger partial charge in [-0.3, -0.25) is 10.1 Å². The summed E-state index contributed by atoms with van der Waals surface area (Å²) in [6.45, 7) is 0. The van der Waals surface area contributed by atoms with E-state index in [0.717, 1.165) is 12.1 Å². The molecule has 0 radical (unpaired) electrons. The van der Waals surface area contributed by atoms with Gasteiger partial charge in [-0.25, -0.2) is 8.60 Å². The Labute approximate surface area is 88.5 Å². The Morgan fingerprint density at radius 3 is 2.57 bits per heavy atom. The molecule has 0 aliphatic rings. The van der Waals surface area contributed by atoms with Crippen molar-refractivity contribution >= 4 is 32.7 Å². The van der Waals surface area contributed by atoms with Crippen molar-refractivity contribution in [1.29, 1.82) is 0 Å². The van der Waals surface area contributed by atoms with Gasteiger partial charge >= 0.3 is 0 Å². The van der Waals surface area contributed by atoms with Gasteiger partial charge in [0, 0.05) is 12.1 Å². The maximum atomic E-state index is 13.1. The lowest BCUT2D eigenvalue weighted by Crippen LogP contribution is -1.97. The molecular formula is C6H3BrFNO4S. The molecule has 14 heavy (non-hydrogen) atoms. The van der Waals surface area contributed by atoms with Crippen LogP contribution in [0.5, 0.6) is 0 Å². The summed E-state index contributed by atoms with van der Waals surface area (Å²) in [4.78, 5) is 8.92. The van der Waals surface area contributed by atoms with Crippen LogP contribution in [-0.2, 0) is 11.1 Å². The number of nitro benzene ring substituents is 1. The van der Waals surface area contributed by atoms with E-state index in [1.54, 1.807) is 0 Å². The minimum atomic E-state index is -2.59. The predicted molar refractivity (Wildman–Crippen MR) is 49.8 cm³/mol. The van der Waals surface area contributed by atoms with Crippen LogP contribution in [0.2, 0.25) is 0 Å². The summed E-state index contributed by atoms with van der Waals surface area (Å²) in [6, 6.07) is 1.64. The molecule has 0 bridgehead atoms. The molecule has 1 atom stereocenters. The second-order valence-corrected chi connectivity index (χ2v) is 4.04. The van der Waals surface area contributed by atoms with Gasteiger partial charge in [0.15, 0.2) is 16.9 Å². The summed E-state index contributed by atoms with van der Waals surface area (Å²) >= 11 is 0.121. The summed E-state index contributed by atoms with van der Waals surface area (Å²) in [6.07, 6.45) is 0. The van der Waals surface area contributed by atoms with Crippen LogP contribution >= 0.6 is 15.9 Å². The van der Waals surface area contributed by atoms with Crippen molar-refractivity contribution in [2.24, 2.45) is 0 Å². The molecule has 0 saturated carbocycles. The van der Waals surface area contributed by atoms with Crippen molar-refractivity contribution in [2.45, 2.75) is 4.90 Å². The van der Waals surface area contributed by atoms with Crippen LogP contribution in [0.3, 0.4) is 0 Å². The monoisotopic (exact) mass is 283 g/mol. The third-order valence-electron chi connectivity index (χ3n) is 1.38. The topological polar surface area (TPSA) is 80.4 Å². The van der Waals surface area contributed by atoms with Gasteiger partial charge < -0.3 is 4.55 Å². The number of hydrogen-bond acceptors (Lipinski definition) is 3. The molecule has 0 heterocycles. The summed E-state index contributed by atoms with van der Waals surface area (Å²) in [5, 5.41) is 10.3. The molecule has 1 aromatic carbocycles. The van der Waals surface area contributed by atoms with Crippen molar-refractivity contribution in [3.05, 3.63) is 32.5 Å². The fourth-order valence-corrected chi connectivity index (χ4v) is 1.85. The minimum Gasteiger partial charge on any atom is -0.302 e. The average molecular weight is 284 g/mol. The molecule has 1 unspecified atom stereocenters. The van der Waals surface area contributed by atoms with Gasteiger partial charge in [0.05, 0.1) is 9.40 Å². The van der Waals surface area contributed by atoms with Crippen molar-refractivity contribution < 1.29 is 18.1 Å². The first-order valence-corrected chi connectivity index (χ1v) is 5.07. The maximum absolute atomic E-state index is 13.1. The van der Waals surface area contributed by atoms with E-state index >= 15 is 0 Å². The Hall–Kier alpha value is -0.860. The second-order valence-electron chi connectivity index (χ2n) is 2.25. The lowest BCUT2D eigenvalue weighted by atomic mass is 10.3. The molecule has 1 rings (SSSR count). The highest BCUT2D eigenvalue weighted by Crippen LogP contribution is 2.27. The third-order valence-corrected chi connectivity index (χ3v) is 2.63. The van der Waals surface area contributed by atoms with Crippen LogP contribution in [0, 0.1) is 15.9 Å². The smallest absolute Gasteiger partial charge is 0.272 e. The molecular weight excluding hydrogens is 281 g/mol. The van der Waals surface area contributed by atoms with Crippen LogP contribution in [-0.4, -0.2) is 13.7 Å². The van der Waals surface area contributed by atoms with E-state index in [1.807, 2.05) is 0 Å². The predicted octanol–water partition coefficient (Wildman–Crippen LogP) is 2.08. The van der Waals surface area contributed by atoms with E-state index in [-0.39, 0.29) is 4.47 Å². The number of non-ortho nitro benzene ring substituents is 1. The number of halogens is 2. The quantitative estimate of drug-likeness (QED) is 0.512. The van der Waals surface area contributed by atoms with E-state index in [1.165, 1.54) is 0 Å². The van der Waals surface area contributed by atoms with Crippen LogP contribution in [0.15, 0.2) is 21.5 Å². The zero-order valence-electron chi connectivity index (χ0n) is 6.44. The first-order chi connectivity index (χ1) is 6.43. The van der Waals surface area contributed by atoms with E-state index in [9.17, 15) is 18.7 Å². The minimum absolute atomic E-state index is 0.218. The zero-order valence-corrected chi connectivity index (χ0v) is 8.84. The fraction of sp³-hybridized carbons (Fsp3) is 0. The third kappa shape index (κ3) is 2.14. The van der Waals surface area contributed by atoms with Crippen molar-refractivity contribution in [2.75, 3.05) is 0 Å². The normalized spacial score (nSPS) is 12.5. The van der Waals surface area contributed by atoms with Gasteiger partial charge in [0.1, 0.15) is 4.90 Å². The van der Waals surface area contributed by atoms with Crippen LogP contribution in [0.25, 0.3) is 0 Å². The Kier molecular flexibility index (Phi) is 3.29. The molecule has 0 saturated heterocycles. The van der Waals surface area contributed by atoms with Gasteiger partial charge in [0.2, 0.25) is 0 Å². The Bertz CT molecular complexity index is 425. The molecule has 1 N–H and O–H groups in total. The van der Waals surface area contributed by atoms with Crippen LogP contribution in [0.1, 0.15) is 0 Å². The molecule has 5 nitrogen and oxygen atoms in total. The standard InChI is InChI=1S/C6H3BrFNO4S/c7-4-1-3(9(10)11)2-5(6(4)8)14(12)13/h1-2H,(H,12,13). The highest BCUT2D eigenvalue weighted by atomic mass is 79.9. The van der Waals surface area contributed by atoms with E-state index in [2.05, 4.69) is 15.9 Å². The highest BCUT2D eigenvalue weighted by molar-refractivity contribution is 9.10. The van der Waals surface area contributed by atoms with Gasteiger partial charge in [-0.2, -0.15) is 0 Å². The Morgan fingerprint density at radius 2 is 2.14 bits per heavy atom. The van der Waals surface area contributed by atoms with Crippen molar-refractivity contribution in [1.82, 2.24) is 0 Å². The Morgan fingerprint density at radius 1 is 1.57 bits per heavy atom. The second kappa shape index (κ2) is 4.11.